The third-order valence-corrected chi connectivity index (χ3v) is 3.56. The van der Waals surface area contributed by atoms with Gasteiger partial charge >= 0.3 is 5.97 Å². The highest BCUT2D eigenvalue weighted by atomic mass is 16.5. The Hall–Kier alpha value is -2.28. The van der Waals surface area contributed by atoms with Crippen molar-refractivity contribution >= 4 is 5.97 Å². The normalized spacial score (nSPS) is 15.4. The zero-order chi connectivity index (χ0) is 15.1. The highest BCUT2D eigenvalue weighted by molar-refractivity contribution is 5.76. The van der Waals surface area contributed by atoms with Crippen LogP contribution >= 0.6 is 0 Å². The minimum absolute atomic E-state index is 0.266. The second kappa shape index (κ2) is 7.49. The SMILES string of the molecule is CCOC(=O)[C@H](Cc1ccccc1)NC1=C(C#N)CCC1. The van der Waals surface area contributed by atoms with Crippen molar-refractivity contribution in [2.24, 2.45) is 0 Å². The molecule has 1 N–H and O–H groups in total. The first-order valence-corrected chi connectivity index (χ1v) is 7.33. The van der Waals surface area contributed by atoms with Crippen molar-refractivity contribution in [3.63, 3.8) is 0 Å². The number of allylic oxidation sites excluding steroid dienone is 2. The summed E-state index contributed by atoms with van der Waals surface area (Å²) < 4.78 is 5.15. The largest absolute Gasteiger partial charge is 0.464 e. The van der Waals surface area contributed by atoms with Crippen LogP contribution in [0.3, 0.4) is 0 Å². The van der Waals surface area contributed by atoms with Crippen LogP contribution in [0.2, 0.25) is 0 Å². The van der Waals surface area contributed by atoms with E-state index in [-0.39, 0.29) is 5.97 Å². The molecule has 0 heterocycles. The molecule has 0 amide bonds. The first-order valence-electron chi connectivity index (χ1n) is 7.33. The van der Waals surface area contributed by atoms with Crippen LogP contribution < -0.4 is 5.32 Å². The third-order valence-electron chi connectivity index (χ3n) is 3.56. The summed E-state index contributed by atoms with van der Waals surface area (Å²) in [6, 6.07) is 11.6. The van der Waals surface area contributed by atoms with Gasteiger partial charge in [-0.1, -0.05) is 30.3 Å². The molecule has 1 aromatic carbocycles. The maximum atomic E-state index is 12.1. The van der Waals surface area contributed by atoms with E-state index in [1.807, 2.05) is 30.3 Å². The molecule has 1 aromatic rings. The minimum Gasteiger partial charge on any atom is -0.464 e. The van der Waals surface area contributed by atoms with Gasteiger partial charge in [-0.25, -0.2) is 4.79 Å². The lowest BCUT2D eigenvalue weighted by Gasteiger charge is -2.19. The first-order chi connectivity index (χ1) is 10.2. The number of ether oxygens (including phenoxy) is 1. The van der Waals surface area contributed by atoms with E-state index < -0.39 is 6.04 Å². The van der Waals surface area contributed by atoms with Crippen molar-refractivity contribution in [3.8, 4) is 6.07 Å². The number of benzene rings is 1. The van der Waals surface area contributed by atoms with Crippen molar-refractivity contribution in [3.05, 3.63) is 47.2 Å². The molecule has 0 aromatic heterocycles. The fourth-order valence-electron chi connectivity index (χ4n) is 2.52. The molecule has 0 saturated carbocycles. The minimum atomic E-state index is -0.441. The lowest BCUT2D eigenvalue weighted by molar-refractivity contribution is -0.145. The van der Waals surface area contributed by atoms with Crippen molar-refractivity contribution in [2.45, 2.75) is 38.6 Å². The monoisotopic (exact) mass is 284 g/mol. The van der Waals surface area contributed by atoms with Crippen LogP contribution in [0.25, 0.3) is 0 Å². The zero-order valence-electron chi connectivity index (χ0n) is 12.3. The Labute approximate surface area is 125 Å². The van der Waals surface area contributed by atoms with Crippen LogP contribution in [0.4, 0.5) is 0 Å². The lowest BCUT2D eigenvalue weighted by Crippen LogP contribution is -2.39. The van der Waals surface area contributed by atoms with Gasteiger partial charge in [0.15, 0.2) is 0 Å². The number of hydrogen-bond acceptors (Lipinski definition) is 4. The Bertz CT molecular complexity index is 558. The lowest BCUT2D eigenvalue weighted by atomic mass is 10.1. The molecule has 0 fully saturated rings. The molecule has 0 aliphatic heterocycles. The predicted octanol–water partition coefficient (Wildman–Crippen LogP) is 2.71. The molecule has 0 unspecified atom stereocenters. The Morgan fingerprint density at radius 1 is 1.38 bits per heavy atom. The Morgan fingerprint density at radius 3 is 2.81 bits per heavy atom. The van der Waals surface area contributed by atoms with E-state index in [1.54, 1.807) is 6.92 Å². The molecule has 110 valence electrons. The second-order valence-corrected chi connectivity index (χ2v) is 5.06. The highest BCUT2D eigenvalue weighted by Gasteiger charge is 2.24. The van der Waals surface area contributed by atoms with Gasteiger partial charge in [-0.3, -0.25) is 0 Å². The molecule has 4 nitrogen and oxygen atoms in total. The summed E-state index contributed by atoms with van der Waals surface area (Å²) in [6.45, 7) is 2.16. The number of carbonyl (C=O) groups excluding carboxylic acids is 1. The molecular weight excluding hydrogens is 264 g/mol. The van der Waals surface area contributed by atoms with Crippen LogP contribution in [0.1, 0.15) is 31.7 Å². The topological polar surface area (TPSA) is 62.1 Å². The number of nitrogens with zero attached hydrogens (tertiary/aromatic N) is 1. The molecule has 4 heteroatoms. The van der Waals surface area contributed by atoms with Crippen LogP contribution in [0, 0.1) is 11.3 Å². The fraction of sp³-hybridized carbons (Fsp3) is 0.412. The van der Waals surface area contributed by atoms with E-state index in [2.05, 4.69) is 11.4 Å². The Morgan fingerprint density at radius 2 is 2.14 bits per heavy atom. The molecule has 1 aliphatic carbocycles. The Kier molecular flexibility index (Phi) is 5.39. The summed E-state index contributed by atoms with van der Waals surface area (Å²) in [4.78, 5) is 12.1. The van der Waals surface area contributed by atoms with Gasteiger partial charge in [0.2, 0.25) is 0 Å². The molecule has 2 rings (SSSR count). The zero-order valence-corrected chi connectivity index (χ0v) is 12.3. The van der Waals surface area contributed by atoms with E-state index in [0.717, 1.165) is 36.1 Å². The van der Waals surface area contributed by atoms with E-state index in [1.165, 1.54) is 0 Å². The van der Waals surface area contributed by atoms with Crippen LogP contribution in [-0.4, -0.2) is 18.6 Å². The molecule has 0 saturated heterocycles. The second-order valence-electron chi connectivity index (χ2n) is 5.06. The molecule has 0 radical (unpaired) electrons. The van der Waals surface area contributed by atoms with E-state index >= 15 is 0 Å². The van der Waals surface area contributed by atoms with Gasteiger partial charge in [-0.05, 0) is 31.7 Å². The maximum Gasteiger partial charge on any atom is 0.328 e. The number of hydrogen-bond donors (Lipinski definition) is 1. The van der Waals surface area contributed by atoms with Gasteiger partial charge in [-0.2, -0.15) is 5.26 Å². The van der Waals surface area contributed by atoms with Crippen LogP contribution in [-0.2, 0) is 16.0 Å². The fourth-order valence-corrected chi connectivity index (χ4v) is 2.52. The molecule has 0 bridgehead atoms. The number of rotatable bonds is 6. The molecular formula is C17H20N2O2. The van der Waals surface area contributed by atoms with Crippen molar-refractivity contribution in [1.82, 2.24) is 5.32 Å². The van der Waals surface area contributed by atoms with Gasteiger partial charge < -0.3 is 10.1 Å². The maximum absolute atomic E-state index is 12.1. The molecule has 1 aliphatic rings. The first kappa shape index (κ1) is 15.1. The quantitative estimate of drug-likeness (QED) is 0.816. The summed E-state index contributed by atoms with van der Waals surface area (Å²) in [5.41, 5.74) is 2.73. The van der Waals surface area contributed by atoms with E-state index in [0.29, 0.717) is 13.0 Å². The van der Waals surface area contributed by atoms with Gasteiger partial charge in [0, 0.05) is 17.7 Å². The number of esters is 1. The molecule has 0 spiro atoms. The average Bonchev–Trinajstić information content (AvgIpc) is 2.95. The summed E-state index contributed by atoms with van der Waals surface area (Å²) in [7, 11) is 0. The predicted molar refractivity (Wildman–Crippen MR) is 80.2 cm³/mol. The summed E-state index contributed by atoms with van der Waals surface area (Å²) in [5, 5.41) is 12.3. The average molecular weight is 284 g/mol. The number of nitrogens with one attached hydrogen (secondary N) is 1. The number of carbonyl (C=O) groups is 1. The molecule has 1 atom stereocenters. The van der Waals surface area contributed by atoms with Crippen molar-refractivity contribution in [2.75, 3.05) is 6.61 Å². The summed E-state index contributed by atoms with van der Waals surface area (Å²) >= 11 is 0. The number of nitriles is 1. The smallest absolute Gasteiger partial charge is 0.328 e. The van der Waals surface area contributed by atoms with Crippen molar-refractivity contribution in [1.29, 1.82) is 5.26 Å². The van der Waals surface area contributed by atoms with Crippen LogP contribution in [0.15, 0.2) is 41.6 Å². The molecule has 21 heavy (non-hydrogen) atoms. The van der Waals surface area contributed by atoms with Gasteiger partial charge in [0.25, 0.3) is 0 Å². The van der Waals surface area contributed by atoms with E-state index in [9.17, 15) is 4.79 Å². The Balaban J connectivity index is 2.13. The van der Waals surface area contributed by atoms with Gasteiger partial charge in [0.05, 0.1) is 12.7 Å². The third kappa shape index (κ3) is 4.09. The van der Waals surface area contributed by atoms with Gasteiger partial charge in [-0.15, -0.1) is 0 Å². The van der Waals surface area contributed by atoms with E-state index in [4.69, 9.17) is 10.00 Å². The van der Waals surface area contributed by atoms with Crippen molar-refractivity contribution < 1.29 is 9.53 Å². The summed E-state index contributed by atoms with van der Waals surface area (Å²) in [6.07, 6.45) is 3.14. The summed E-state index contributed by atoms with van der Waals surface area (Å²) in [5.74, 6) is -0.266. The van der Waals surface area contributed by atoms with Crippen LogP contribution in [0.5, 0.6) is 0 Å². The van der Waals surface area contributed by atoms with Gasteiger partial charge in [0.1, 0.15) is 6.04 Å². The highest BCUT2D eigenvalue weighted by Crippen LogP contribution is 2.24. The standard InChI is InChI=1S/C17H20N2O2/c1-2-21-17(20)16(11-13-7-4-3-5-8-13)19-15-10-6-9-14(15)12-18/h3-5,7-8,16,19H,2,6,9-11H2,1H3/t16-/m0/s1.